The maximum Gasteiger partial charge on any atom is 0.419 e. The summed E-state index contributed by atoms with van der Waals surface area (Å²) in [5.41, 5.74) is -2.06. The Morgan fingerprint density at radius 1 is 1.38 bits per heavy atom. The Kier molecular flexibility index (Phi) is 6.64. The molecule has 1 atom stereocenters. The summed E-state index contributed by atoms with van der Waals surface area (Å²) >= 11 is 0. The molecule has 0 aromatic heterocycles. The third-order valence-electron chi connectivity index (χ3n) is 4.35. The molecule has 8 heteroatoms. The molecule has 136 valence electrons. The lowest BCUT2D eigenvalue weighted by molar-refractivity contribution is -0.140. The van der Waals surface area contributed by atoms with Crippen LogP contribution in [0.4, 0.5) is 17.6 Å². The van der Waals surface area contributed by atoms with Crippen molar-refractivity contribution >= 4 is 18.3 Å². The molecular weight excluding hydrogens is 348 g/mol. The van der Waals surface area contributed by atoms with Gasteiger partial charge in [0.15, 0.2) is 0 Å². The highest BCUT2D eigenvalue weighted by atomic mass is 35.5. The summed E-state index contributed by atoms with van der Waals surface area (Å²) in [6.45, 7) is 5.17. The average molecular weight is 369 g/mol. The van der Waals surface area contributed by atoms with Crippen LogP contribution < -0.4 is 10.6 Å². The van der Waals surface area contributed by atoms with Gasteiger partial charge in [0.25, 0.3) is 5.91 Å². The van der Waals surface area contributed by atoms with Crippen molar-refractivity contribution in [2.75, 3.05) is 13.1 Å². The van der Waals surface area contributed by atoms with Crippen molar-refractivity contribution in [2.45, 2.75) is 38.9 Å². The van der Waals surface area contributed by atoms with E-state index in [1.54, 1.807) is 0 Å². The van der Waals surface area contributed by atoms with Crippen LogP contribution >= 0.6 is 12.4 Å². The van der Waals surface area contributed by atoms with Gasteiger partial charge in [0, 0.05) is 12.6 Å². The van der Waals surface area contributed by atoms with Crippen LogP contribution in [0.5, 0.6) is 0 Å². The summed E-state index contributed by atoms with van der Waals surface area (Å²) in [4.78, 5) is 12.1. The van der Waals surface area contributed by atoms with Crippen LogP contribution in [-0.2, 0) is 6.18 Å². The Bertz CT molecular complexity index is 590. The van der Waals surface area contributed by atoms with E-state index in [-0.39, 0.29) is 30.4 Å². The molecule has 1 aliphatic rings. The summed E-state index contributed by atoms with van der Waals surface area (Å²) < 4.78 is 52.0. The molecule has 2 N–H and O–H groups in total. The Hall–Kier alpha value is -1.34. The molecule has 1 aromatic carbocycles. The number of rotatable bonds is 3. The van der Waals surface area contributed by atoms with Gasteiger partial charge in [0.05, 0.1) is 11.1 Å². The van der Waals surface area contributed by atoms with Gasteiger partial charge in [-0.25, -0.2) is 4.39 Å². The fourth-order valence-electron chi connectivity index (χ4n) is 2.84. The van der Waals surface area contributed by atoms with Gasteiger partial charge in [-0.15, -0.1) is 12.4 Å². The van der Waals surface area contributed by atoms with Gasteiger partial charge in [-0.3, -0.25) is 4.79 Å². The fourth-order valence-corrected chi connectivity index (χ4v) is 2.84. The molecule has 0 radical (unpaired) electrons. The molecule has 2 rings (SSSR count). The van der Waals surface area contributed by atoms with E-state index in [4.69, 9.17) is 0 Å². The Morgan fingerprint density at radius 3 is 2.62 bits per heavy atom. The highest BCUT2D eigenvalue weighted by molar-refractivity contribution is 5.94. The van der Waals surface area contributed by atoms with E-state index in [0.29, 0.717) is 6.07 Å². The first-order valence-corrected chi connectivity index (χ1v) is 7.50. The Labute approximate surface area is 144 Å². The van der Waals surface area contributed by atoms with Crippen molar-refractivity contribution in [3.8, 4) is 0 Å². The average Bonchev–Trinajstić information content (AvgIpc) is 2.44. The summed E-state index contributed by atoms with van der Waals surface area (Å²) in [7, 11) is 0. The summed E-state index contributed by atoms with van der Waals surface area (Å²) in [6.07, 6.45) is -2.81. The molecular formula is C16H21ClF4N2O. The molecule has 1 aromatic rings. The minimum Gasteiger partial charge on any atom is -0.350 e. The topological polar surface area (TPSA) is 41.1 Å². The largest absolute Gasteiger partial charge is 0.419 e. The van der Waals surface area contributed by atoms with Gasteiger partial charge in [0.2, 0.25) is 0 Å². The molecule has 1 heterocycles. The first-order chi connectivity index (χ1) is 10.6. The number of carbonyl (C=O) groups is 1. The number of carbonyl (C=O) groups excluding carboxylic acids is 1. The maximum atomic E-state index is 13.9. The van der Waals surface area contributed by atoms with Crippen molar-refractivity contribution in [1.29, 1.82) is 0 Å². The fraction of sp³-hybridized carbons (Fsp3) is 0.562. The monoisotopic (exact) mass is 368 g/mol. The molecule has 0 saturated carbocycles. The number of nitrogens with one attached hydrogen (secondary N) is 2. The normalized spacial score (nSPS) is 20.2. The molecule has 1 unspecified atom stereocenters. The Balaban J connectivity index is 0.00000288. The molecule has 3 nitrogen and oxygen atoms in total. The SMILES string of the molecule is CC1(C)CCCNC1CNC(=O)c1cccc(C(F)(F)F)c1F.Cl. The second-order valence-electron chi connectivity index (χ2n) is 6.47. The van der Waals surface area contributed by atoms with E-state index >= 15 is 0 Å². The van der Waals surface area contributed by atoms with Crippen LogP contribution in [-0.4, -0.2) is 25.0 Å². The molecule has 1 amide bonds. The van der Waals surface area contributed by atoms with E-state index in [1.165, 1.54) is 0 Å². The van der Waals surface area contributed by atoms with Gasteiger partial charge in [-0.2, -0.15) is 13.2 Å². The van der Waals surface area contributed by atoms with Gasteiger partial charge < -0.3 is 10.6 Å². The zero-order chi connectivity index (χ0) is 17.3. The third kappa shape index (κ3) is 4.60. The van der Waals surface area contributed by atoms with E-state index in [0.717, 1.165) is 31.5 Å². The zero-order valence-corrected chi connectivity index (χ0v) is 14.3. The van der Waals surface area contributed by atoms with E-state index < -0.39 is 29.0 Å². The number of piperidine rings is 1. The van der Waals surface area contributed by atoms with E-state index in [1.807, 2.05) is 0 Å². The predicted octanol–water partition coefficient (Wildman–Crippen LogP) is 3.77. The lowest BCUT2D eigenvalue weighted by Crippen LogP contribution is -2.52. The summed E-state index contributed by atoms with van der Waals surface area (Å²) in [6, 6.07) is 2.70. The highest BCUT2D eigenvalue weighted by Gasteiger charge is 2.36. The van der Waals surface area contributed by atoms with Crippen LogP contribution in [0.2, 0.25) is 0 Å². The summed E-state index contributed by atoms with van der Waals surface area (Å²) in [5, 5.41) is 5.81. The number of halogens is 5. The van der Waals surface area contributed by atoms with Crippen molar-refractivity contribution in [2.24, 2.45) is 5.41 Å². The molecule has 0 aliphatic carbocycles. The first kappa shape index (κ1) is 20.7. The smallest absolute Gasteiger partial charge is 0.350 e. The maximum absolute atomic E-state index is 13.9. The number of hydrogen-bond acceptors (Lipinski definition) is 2. The molecule has 0 spiro atoms. The quantitative estimate of drug-likeness (QED) is 0.797. The van der Waals surface area contributed by atoms with Crippen LogP contribution in [0.3, 0.4) is 0 Å². The first-order valence-electron chi connectivity index (χ1n) is 7.50. The van der Waals surface area contributed by atoms with Crippen LogP contribution in [0.1, 0.15) is 42.6 Å². The van der Waals surface area contributed by atoms with Gasteiger partial charge in [-0.05, 0) is 36.9 Å². The molecule has 1 aliphatic heterocycles. The van der Waals surface area contributed by atoms with E-state index in [9.17, 15) is 22.4 Å². The molecule has 24 heavy (non-hydrogen) atoms. The lowest BCUT2D eigenvalue weighted by Gasteiger charge is -2.39. The number of benzene rings is 1. The van der Waals surface area contributed by atoms with Crippen molar-refractivity contribution in [1.82, 2.24) is 10.6 Å². The zero-order valence-electron chi connectivity index (χ0n) is 13.5. The van der Waals surface area contributed by atoms with Crippen LogP contribution in [0.25, 0.3) is 0 Å². The predicted molar refractivity (Wildman–Crippen MR) is 85.8 cm³/mol. The summed E-state index contributed by atoms with van der Waals surface area (Å²) in [5.74, 6) is -2.37. The number of hydrogen-bond donors (Lipinski definition) is 2. The van der Waals surface area contributed by atoms with Crippen molar-refractivity contribution in [3.05, 3.63) is 35.1 Å². The van der Waals surface area contributed by atoms with Gasteiger partial charge >= 0.3 is 6.18 Å². The van der Waals surface area contributed by atoms with Crippen molar-refractivity contribution in [3.63, 3.8) is 0 Å². The minimum absolute atomic E-state index is 0. The van der Waals surface area contributed by atoms with Crippen LogP contribution in [0.15, 0.2) is 18.2 Å². The van der Waals surface area contributed by atoms with E-state index in [2.05, 4.69) is 24.5 Å². The molecule has 0 bridgehead atoms. The molecule has 1 saturated heterocycles. The highest BCUT2D eigenvalue weighted by Crippen LogP contribution is 2.32. The number of amides is 1. The van der Waals surface area contributed by atoms with Crippen molar-refractivity contribution < 1.29 is 22.4 Å². The number of alkyl halides is 3. The van der Waals surface area contributed by atoms with Gasteiger partial charge in [-0.1, -0.05) is 19.9 Å². The second kappa shape index (κ2) is 7.70. The minimum atomic E-state index is -4.83. The third-order valence-corrected chi connectivity index (χ3v) is 4.35. The standard InChI is InChI=1S/C16H20F4N2O.ClH/c1-15(2)7-4-8-21-12(15)9-22-14(23)10-5-3-6-11(13(10)17)16(18,19)20;/h3,5-6,12,21H,4,7-9H2,1-2H3,(H,22,23);1H. The van der Waals surface area contributed by atoms with Crippen LogP contribution in [0, 0.1) is 11.2 Å². The molecule has 1 fully saturated rings. The lowest BCUT2D eigenvalue weighted by atomic mass is 9.77. The second-order valence-corrected chi connectivity index (χ2v) is 6.47. The van der Waals surface area contributed by atoms with Gasteiger partial charge in [0.1, 0.15) is 5.82 Å². The Morgan fingerprint density at radius 2 is 2.04 bits per heavy atom.